The summed E-state index contributed by atoms with van der Waals surface area (Å²) in [6, 6.07) is 0. The van der Waals surface area contributed by atoms with E-state index in [2.05, 4.69) is 12.2 Å². The van der Waals surface area contributed by atoms with Crippen molar-refractivity contribution in [1.29, 1.82) is 3.70 Å². The average molecular weight is 156 g/mol. The Bertz CT molecular complexity index is 283. The van der Waals surface area contributed by atoms with Crippen molar-refractivity contribution >= 4 is 10.0 Å². The Labute approximate surface area is 68.8 Å². The van der Waals surface area contributed by atoms with Crippen molar-refractivity contribution in [2.75, 3.05) is 0 Å². The van der Waals surface area contributed by atoms with E-state index >= 15 is 0 Å². The van der Waals surface area contributed by atoms with Crippen molar-refractivity contribution in [3.8, 4) is 0 Å². The Morgan fingerprint density at radius 3 is 3.30 bits per heavy atom. The zero-order valence-electron chi connectivity index (χ0n) is 9.01. The van der Waals surface area contributed by atoms with Gasteiger partial charge in [-0.25, -0.2) is 0 Å². The molecule has 1 spiro atoms. The zero-order valence-corrected chi connectivity index (χ0v) is 7.01. The van der Waals surface area contributed by atoms with Crippen LogP contribution in [0.5, 0.6) is 0 Å². The van der Waals surface area contributed by atoms with E-state index in [9.17, 15) is 0 Å². The lowest BCUT2D eigenvalue weighted by atomic mass is 9.61. The number of hydrogen-bond acceptors (Lipinski definition) is 0. The first kappa shape index (κ1) is 3.57. The average Bonchev–Trinajstić information content (AvgIpc) is 2.47. The smallest absolute Gasteiger partial charge is 0.00758 e. The minimum atomic E-state index is -3.09. The van der Waals surface area contributed by atoms with Crippen molar-refractivity contribution < 1.29 is 0 Å². The van der Waals surface area contributed by atoms with Crippen LogP contribution in [0.25, 0.3) is 0 Å². The number of fused-ring (bicyclic) bond motifs is 1. The van der Waals surface area contributed by atoms with Crippen molar-refractivity contribution in [2.45, 2.75) is 24.8 Å². The van der Waals surface area contributed by atoms with E-state index in [0.717, 1.165) is 12.3 Å². The first-order chi connectivity index (χ1) is 6.01. The molecule has 10 heavy (non-hydrogen) atoms. The highest BCUT2D eigenvalue weighted by molar-refractivity contribution is 6.12. The van der Waals surface area contributed by atoms with Crippen LogP contribution in [0.3, 0.4) is 0 Å². The van der Waals surface area contributed by atoms with Gasteiger partial charge in [0.1, 0.15) is 0 Å². The van der Waals surface area contributed by atoms with Gasteiger partial charge in [-0.2, -0.15) is 0 Å². The number of allylic oxidation sites excluding steroid dienone is 2. The lowest BCUT2D eigenvalue weighted by molar-refractivity contribution is 0.127. The molecule has 2 bridgehead atoms. The molecule has 0 aromatic carbocycles. The SMILES string of the molecule is [3H][Si]([3H])([3H])C1CC23C=CC(CC12)C3. The van der Waals surface area contributed by atoms with Crippen molar-refractivity contribution in [1.82, 2.24) is 0 Å². The molecule has 54 valence electrons. The molecule has 0 heterocycles. The Balaban J connectivity index is 1.86. The molecule has 3 rings (SSSR count). The second-order valence-corrected chi connectivity index (χ2v) is 4.95. The lowest BCUT2D eigenvalue weighted by Crippen LogP contribution is -2.39. The minimum Gasteiger partial charge on any atom is -0.0848 e. The van der Waals surface area contributed by atoms with Gasteiger partial charge in [0.15, 0.2) is 0 Å². The molecule has 2 fully saturated rings. The molecule has 0 nitrogen and oxygen atoms in total. The molecule has 3 aliphatic rings. The topological polar surface area (TPSA) is 0 Å². The molecule has 4 atom stereocenters. The van der Waals surface area contributed by atoms with E-state index in [1.54, 1.807) is 0 Å². The van der Waals surface area contributed by atoms with Crippen LogP contribution in [0.1, 0.15) is 19.3 Å². The summed E-state index contributed by atoms with van der Waals surface area (Å²) in [5.74, 6) is 1.27. The van der Waals surface area contributed by atoms with Crippen LogP contribution in [-0.4, -0.2) is 13.7 Å². The molecule has 0 aromatic heterocycles. The third-order valence-corrected chi connectivity index (χ3v) is 4.33. The number of hydrogen-bond donors (Lipinski definition) is 0. The van der Waals surface area contributed by atoms with E-state index in [-0.39, 0.29) is 5.54 Å². The Morgan fingerprint density at radius 1 is 1.60 bits per heavy atom. The highest BCUT2D eigenvalue weighted by Gasteiger charge is 2.57. The van der Waals surface area contributed by atoms with Gasteiger partial charge in [-0.15, -0.1) is 0 Å². The van der Waals surface area contributed by atoms with Crippen LogP contribution in [-0.2, 0) is 0 Å². The zero-order chi connectivity index (χ0) is 9.27. The van der Waals surface area contributed by atoms with Gasteiger partial charge < -0.3 is 0 Å². The fraction of sp³-hybridized carbons (Fsp3) is 0.778. The second kappa shape index (κ2) is 1.42. The van der Waals surface area contributed by atoms with Crippen molar-refractivity contribution in [3.05, 3.63) is 12.2 Å². The summed E-state index contributed by atoms with van der Waals surface area (Å²) in [7, 11) is -3.09. The van der Waals surface area contributed by atoms with E-state index < -0.39 is 10.0 Å². The molecule has 0 aromatic rings. The van der Waals surface area contributed by atoms with E-state index in [0.29, 0.717) is 11.3 Å². The molecular weight excluding hydrogens is 136 g/mol. The summed E-state index contributed by atoms with van der Waals surface area (Å²) < 4.78 is 22.7. The molecule has 1 heteroatoms. The summed E-state index contributed by atoms with van der Waals surface area (Å²) in [4.78, 5) is 0. The molecule has 2 saturated carbocycles. The van der Waals surface area contributed by atoms with Gasteiger partial charge in [-0.05, 0) is 36.5 Å². The number of rotatable bonds is 1. The van der Waals surface area contributed by atoms with Crippen molar-refractivity contribution in [2.24, 2.45) is 17.3 Å². The molecule has 4 unspecified atom stereocenters. The van der Waals surface area contributed by atoms with E-state index in [1.165, 1.54) is 12.8 Å². The molecule has 0 aliphatic heterocycles. The fourth-order valence-electron chi connectivity index (χ4n) is 3.21. The van der Waals surface area contributed by atoms with Gasteiger partial charge in [0, 0.05) is 13.7 Å². The first-order valence-corrected chi connectivity index (χ1v) is 4.78. The van der Waals surface area contributed by atoms with Gasteiger partial charge in [-0.1, -0.05) is 17.7 Å². The summed E-state index contributed by atoms with van der Waals surface area (Å²) in [6.45, 7) is 0. The van der Waals surface area contributed by atoms with E-state index in [4.69, 9.17) is 3.70 Å². The van der Waals surface area contributed by atoms with E-state index in [1.807, 2.05) is 0 Å². The predicted octanol–water partition coefficient (Wildman–Crippen LogP) is 1.13. The van der Waals surface area contributed by atoms with Crippen LogP contribution in [0.4, 0.5) is 0 Å². The normalized spacial score (nSPS) is 68.0. The second-order valence-electron chi connectivity index (χ2n) is 4.21. The maximum Gasteiger partial charge on any atom is 0.00758 e. The monoisotopic (exact) mass is 156 g/mol. The Morgan fingerprint density at radius 2 is 2.60 bits per heavy atom. The van der Waals surface area contributed by atoms with Gasteiger partial charge in [0.25, 0.3) is 0 Å². The summed E-state index contributed by atoms with van der Waals surface area (Å²) in [6.07, 6.45) is 8.05. The standard InChI is InChI=1S/C9H14Si/c10-8-5-9-2-1-6(4-9)3-7(8)9/h1-2,6-8H,3-5H2,10H3/i10T3. The Hall–Kier alpha value is -0.0431. The van der Waals surface area contributed by atoms with Crippen LogP contribution in [0.2, 0.25) is 5.54 Å². The lowest BCUT2D eigenvalue weighted by Gasteiger charge is -2.49. The Kier molecular flexibility index (Phi) is 0.508. The van der Waals surface area contributed by atoms with Crippen LogP contribution >= 0.6 is 0 Å². The maximum atomic E-state index is 7.57. The third kappa shape index (κ3) is 0.429. The maximum absolute atomic E-state index is 7.57. The highest BCUT2D eigenvalue weighted by atomic mass is 28.1. The molecule has 0 amide bonds. The fourth-order valence-corrected chi connectivity index (χ4v) is 4.06. The van der Waals surface area contributed by atoms with Gasteiger partial charge in [0.2, 0.25) is 0 Å². The minimum absolute atomic E-state index is 0.141. The van der Waals surface area contributed by atoms with Gasteiger partial charge >= 0.3 is 0 Å². The first-order valence-electron chi connectivity index (χ1n) is 5.71. The van der Waals surface area contributed by atoms with Crippen LogP contribution in [0.15, 0.2) is 12.2 Å². The molecule has 3 aliphatic carbocycles. The third-order valence-electron chi connectivity index (χ3n) is 3.72. The molecular formula is C9H14Si. The molecule has 0 radical (unpaired) electrons. The van der Waals surface area contributed by atoms with Gasteiger partial charge in [0.05, 0.1) is 0 Å². The van der Waals surface area contributed by atoms with Crippen LogP contribution < -0.4 is 0 Å². The van der Waals surface area contributed by atoms with Crippen molar-refractivity contribution in [3.63, 3.8) is 0 Å². The summed E-state index contributed by atoms with van der Waals surface area (Å²) in [5.41, 5.74) is 0.513. The molecule has 0 saturated heterocycles. The summed E-state index contributed by atoms with van der Waals surface area (Å²) in [5, 5.41) is 0. The largest absolute Gasteiger partial charge is 0.0848 e. The summed E-state index contributed by atoms with van der Waals surface area (Å²) >= 11 is 0. The van der Waals surface area contributed by atoms with Crippen LogP contribution in [0, 0.1) is 17.3 Å². The highest BCUT2D eigenvalue weighted by Crippen LogP contribution is 2.68. The predicted molar refractivity (Wildman–Crippen MR) is 46.1 cm³/mol. The van der Waals surface area contributed by atoms with Gasteiger partial charge in [-0.3, -0.25) is 0 Å². The molecule has 0 N–H and O–H groups in total. The quantitative estimate of drug-likeness (QED) is 0.394.